The van der Waals surface area contributed by atoms with Gasteiger partial charge in [0.05, 0.1) is 7.11 Å². The Bertz CT molecular complexity index is 345. The highest BCUT2D eigenvalue weighted by Crippen LogP contribution is 2.27. The molecule has 0 saturated heterocycles. The number of methoxy groups -OCH3 is 1. The lowest BCUT2D eigenvalue weighted by molar-refractivity contribution is 0.338. The average molecular weight is 221 g/mol. The number of ether oxygens (including phenoxy) is 1. The first kappa shape index (κ1) is 13.0. The summed E-state index contributed by atoms with van der Waals surface area (Å²) >= 11 is 0. The summed E-state index contributed by atoms with van der Waals surface area (Å²) in [6, 6.07) is 6.39. The largest absolute Gasteiger partial charge is 0.496 e. The Hall–Kier alpha value is -1.02. The highest BCUT2D eigenvalue weighted by molar-refractivity contribution is 5.36. The summed E-state index contributed by atoms with van der Waals surface area (Å²) in [5, 5.41) is 0. The van der Waals surface area contributed by atoms with E-state index in [2.05, 4.69) is 32.9 Å². The van der Waals surface area contributed by atoms with E-state index >= 15 is 0 Å². The average Bonchev–Trinajstić information content (AvgIpc) is 2.17. The molecule has 2 heteroatoms. The molecule has 0 saturated carbocycles. The van der Waals surface area contributed by atoms with Crippen LogP contribution in [0.4, 0.5) is 0 Å². The summed E-state index contributed by atoms with van der Waals surface area (Å²) < 4.78 is 5.26. The van der Waals surface area contributed by atoms with Crippen LogP contribution in [0.5, 0.6) is 5.75 Å². The van der Waals surface area contributed by atoms with E-state index < -0.39 is 0 Å². The van der Waals surface area contributed by atoms with Crippen molar-refractivity contribution in [2.45, 2.75) is 33.6 Å². The summed E-state index contributed by atoms with van der Waals surface area (Å²) in [4.78, 5) is 0. The molecule has 0 unspecified atom stereocenters. The van der Waals surface area contributed by atoms with Gasteiger partial charge in [0.15, 0.2) is 0 Å². The maximum atomic E-state index is 5.62. The van der Waals surface area contributed by atoms with Gasteiger partial charge in [-0.2, -0.15) is 0 Å². The van der Waals surface area contributed by atoms with Crippen molar-refractivity contribution in [2.24, 2.45) is 11.1 Å². The zero-order chi connectivity index (χ0) is 12.2. The van der Waals surface area contributed by atoms with E-state index in [0.29, 0.717) is 0 Å². The summed E-state index contributed by atoms with van der Waals surface area (Å²) in [5.74, 6) is 0.959. The van der Waals surface area contributed by atoms with Crippen molar-refractivity contribution in [2.75, 3.05) is 13.7 Å². The molecule has 90 valence electrons. The van der Waals surface area contributed by atoms with Crippen LogP contribution in [0.15, 0.2) is 18.2 Å². The molecule has 1 rings (SSSR count). The van der Waals surface area contributed by atoms with Crippen molar-refractivity contribution in [1.82, 2.24) is 0 Å². The van der Waals surface area contributed by atoms with Crippen molar-refractivity contribution in [1.29, 1.82) is 0 Å². The molecule has 0 fully saturated rings. The second-order valence-corrected chi connectivity index (χ2v) is 5.18. The SMILES string of the molecule is COc1ccc(CC(C)(C)CCN)cc1C. The van der Waals surface area contributed by atoms with Gasteiger partial charge >= 0.3 is 0 Å². The highest BCUT2D eigenvalue weighted by Gasteiger charge is 2.17. The number of hydrogen-bond donors (Lipinski definition) is 1. The molecule has 0 aromatic heterocycles. The fraction of sp³-hybridized carbons (Fsp3) is 0.571. The third-order valence-electron chi connectivity index (χ3n) is 2.96. The summed E-state index contributed by atoms with van der Waals surface area (Å²) in [6.07, 6.45) is 2.12. The van der Waals surface area contributed by atoms with Crippen LogP contribution in [0.3, 0.4) is 0 Å². The van der Waals surface area contributed by atoms with Gasteiger partial charge in [0.1, 0.15) is 5.75 Å². The monoisotopic (exact) mass is 221 g/mol. The van der Waals surface area contributed by atoms with E-state index in [9.17, 15) is 0 Å². The minimum atomic E-state index is 0.274. The van der Waals surface area contributed by atoms with Gasteiger partial charge in [0.2, 0.25) is 0 Å². The number of rotatable bonds is 5. The molecule has 0 bridgehead atoms. The van der Waals surface area contributed by atoms with Crippen molar-refractivity contribution in [3.63, 3.8) is 0 Å². The number of nitrogens with two attached hydrogens (primary N) is 1. The number of benzene rings is 1. The molecule has 0 aliphatic carbocycles. The lowest BCUT2D eigenvalue weighted by Crippen LogP contribution is -2.19. The van der Waals surface area contributed by atoms with Gasteiger partial charge < -0.3 is 10.5 Å². The first-order chi connectivity index (χ1) is 7.48. The van der Waals surface area contributed by atoms with E-state index in [0.717, 1.165) is 25.1 Å². The Morgan fingerprint density at radius 3 is 2.50 bits per heavy atom. The first-order valence-corrected chi connectivity index (χ1v) is 5.82. The van der Waals surface area contributed by atoms with E-state index in [-0.39, 0.29) is 5.41 Å². The molecule has 0 aliphatic rings. The molecule has 2 N–H and O–H groups in total. The molecule has 0 amide bonds. The Balaban J connectivity index is 2.78. The van der Waals surface area contributed by atoms with Gasteiger partial charge in [0, 0.05) is 0 Å². The Labute approximate surface area is 98.8 Å². The number of hydrogen-bond acceptors (Lipinski definition) is 2. The number of aryl methyl sites for hydroxylation is 1. The molecule has 1 aromatic rings. The van der Waals surface area contributed by atoms with Crippen LogP contribution in [0.2, 0.25) is 0 Å². The Kier molecular flexibility index (Phi) is 4.36. The van der Waals surface area contributed by atoms with Crippen LogP contribution in [0.25, 0.3) is 0 Å². The van der Waals surface area contributed by atoms with Crippen molar-refractivity contribution in [3.8, 4) is 5.75 Å². The molecule has 1 aromatic carbocycles. The van der Waals surface area contributed by atoms with E-state index in [1.165, 1.54) is 11.1 Å². The maximum Gasteiger partial charge on any atom is 0.121 e. The fourth-order valence-electron chi connectivity index (χ4n) is 2.08. The minimum Gasteiger partial charge on any atom is -0.496 e. The van der Waals surface area contributed by atoms with Gasteiger partial charge in [-0.3, -0.25) is 0 Å². The zero-order valence-corrected chi connectivity index (χ0v) is 10.8. The van der Waals surface area contributed by atoms with Gasteiger partial charge in [-0.1, -0.05) is 26.0 Å². The van der Waals surface area contributed by atoms with E-state index in [4.69, 9.17) is 10.5 Å². The fourth-order valence-corrected chi connectivity index (χ4v) is 2.08. The second-order valence-electron chi connectivity index (χ2n) is 5.18. The van der Waals surface area contributed by atoms with E-state index in [1.54, 1.807) is 7.11 Å². The Morgan fingerprint density at radius 1 is 1.31 bits per heavy atom. The Morgan fingerprint density at radius 2 is 2.00 bits per heavy atom. The second kappa shape index (κ2) is 5.35. The summed E-state index contributed by atoms with van der Waals surface area (Å²) in [6.45, 7) is 7.36. The molecular weight excluding hydrogens is 198 g/mol. The standard InChI is InChI=1S/C14H23NO/c1-11-9-12(5-6-13(11)16-4)10-14(2,3)7-8-15/h5-6,9H,7-8,10,15H2,1-4H3. The molecule has 0 spiro atoms. The van der Waals surface area contributed by atoms with Gasteiger partial charge in [-0.15, -0.1) is 0 Å². The molecular formula is C14H23NO. The summed E-state index contributed by atoms with van der Waals surface area (Å²) in [7, 11) is 1.71. The molecule has 16 heavy (non-hydrogen) atoms. The van der Waals surface area contributed by atoms with Crippen LogP contribution in [0.1, 0.15) is 31.4 Å². The third-order valence-corrected chi connectivity index (χ3v) is 2.96. The topological polar surface area (TPSA) is 35.2 Å². The quantitative estimate of drug-likeness (QED) is 0.829. The normalized spacial score (nSPS) is 11.6. The first-order valence-electron chi connectivity index (χ1n) is 5.82. The summed E-state index contributed by atoms with van der Waals surface area (Å²) in [5.41, 5.74) is 8.45. The van der Waals surface area contributed by atoms with Crippen LogP contribution in [-0.2, 0) is 6.42 Å². The highest BCUT2D eigenvalue weighted by atomic mass is 16.5. The molecule has 0 heterocycles. The van der Waals surface area contributed by atoms with Crippen LogP contribution < -0.4 is 10.5 Å². The molecule has 2 nitrogen and oxygen atoms in total. The van der Waals surface area contributed by atoms with Gasteiger partial charge in [-0.05, 0) is 48.9 Å². The van der Waals surface area contributed by atoms with Crippen molar-refractivity contribution < 1.29 is 4.74 Å². The van der Waals surface area contributed by atoms with Gasteiger partial charge in [-0.25, -0.2) is 0 Å². The van der Waals surface area contributed by atoms with Crippen LogP contribution >= 0.6 is 0 Å². The maximum absolute atomic E-state index is 5.62. The van der Waals surface area contributed by atoms with Gasteiger partial charge in [0.25, 0.3) is 0 Å². The lowest BCUT2D eigenvalue weighted by Gasteiger charge is -2.24. The van der Waals surface area contributed by atoms with E-state index in [1.807, 2.05) is 6.07 Å². The lowest BCUT2D eigenvalue weighted by atomic mass is 9.82. The van der Waals surface area contributed by atoms with Crippen LogP contribution in [-0.4, -0.2) is 13.7 Å². The molecule has 0 atom stereocenters. The molecule has 0 aliphatic heterocycles. The third kappa shape index (κ3) is 3.53. The predicted molar refractivity (Wildman–Crippen MR) is 68.9 cm³/mol. The van der Waals surface area contributed by atoms with Crippen LogP contribution in [0, 0.1) is 12.3 Å². The zero-order valence-electron chi connectivity index (χ0n) is 10.8. The minimum absolute atomic E-state index is 0.274. The molecule has 0 radical (unpaired) electrons. The smallest absolute Gasteiger partial charge is 0.121 e. The van der Waals surface area contributed by atoms with Crippen molar-refractivity contribution >= 4 is 0 Å². The predicted octanol–water partition coefficient (Wildman–Crippen LogP) is 2.92. The van der Waals surface area contributed by atoms with Crippen molar-refractivity contribution in [3.05, 3.63) is 29.3 Å².